The minimum atomic E-state index is -3.37. The maximum absolute atomic E-state index is 12.0. The SMILES string of the molecule is CSC1(CCC(=O)NCCOC(=O)CCCCCCCOP(C)(=O)O)CCOCC1. The van der Waals surface area contributed by atoms with Gasteiger partial charge in [0.25, 0.3) is 0 Å². The highest BCUT2D eigenvalue weighted by atomic mass is 32.2. The van der Waals surface area contributed by atoms with Crippen LogP contribution in [0.3, 0.4) is 0 Å². The first-order chi connectivity index (χ1) is 14.3. The third kappa shape index (κ3) is 13.7. The van der Waals surface area contributed by atoms with Crippen LogP contribution in [0.2, 0.25) is 0 Å². The Hall–Kier alpha value is -0.600. The quantitative estimate of drug-likeness (QED) is 0.202. The summed E-state index contributed by atoms with van der Waals surface area (Å²) in [6, 6.07) is 0. The van der Waals surface area contributed by atoms with E-state index >= 15 is 0 Å². The summed E-state index contributed by atoms with van der Waals surface area (Å²) in [7, 11) is -3.37. The first-order valence-electron chi connectivity index (χ1n) is 10.8. The molecule has 1 heterocycles. The van der Waals surface area contributed by atoms with E-state index < -0.39 is 7.60 Å². The number of hydrogen-bond acceptors (Lipinski definition) is 7. The van der Waals surface area contributed by atoms with Crippen LogP contribution >= 0.6 is 19.4 Å². The summed E-state index contributed by atoms with van der Waals surface area (Å²) in [5, 5.41) is 2.82. The molecule has 176 valence electrons. The van der Waals surface area contributed by atoms with Gasteiger partial charge in [-0.2, -0.15) is 11.8 Å². The molecule has 30 heavy (non-hydrogen) atoms. The molecule has 10 heteroatoms. The number of ether oxygens (including phenoxy) is 2. The molecule has 1 atom stereocenters. The van der Waals surface area contributed by atoms with Crippen LogP contribution in [0.1, 0.15) is 64.2 Å². The fourth-order valence-electron chi connectivity index (χ4n) is 3.29. The minimum absolute atomic E-state index is 0.00410. The number of amides is 1. The number of rotatable bonds is 16. The molecule has 0 aliphatic carbocycles. The number of unbranched alkanes of at least 4 members (excludes halogenated alkanes) is 4. The first kappa shape index (κ1) is 27.4. The summed E-state index contributed by atoms with van der Waals surface area (Å²) < 4.78 is 26.5. The Kier molecular flexibility index (Phi) is 13.9. The van der Waals surface area contributed by atoms with Gasteiger partial charge in [0.2, 0.25) is 5.91 Å². The molecular weight excluding hydrogens is 429 g/mol. The average Bonchev–Trinajstić information content (AvgIpc) is 2.71. The summed E-state index contributed by atoms with van der Waals surface area (Å²) in [5.41, 5.74) is 0. The Morgan fingerprint density at radius 2 is 1.77 bits per heavy atom. The van der Waals surface area contributed by atoms with E-state index in [-0.39, 0.29) is 29.8 Å². The van der Waals surface area contributed by atoms with Crippen LogP contribution in [0.5, 0.6) is 0 Å². The predicted octanol–water partition coefficient (Wildman–Crippen LogP) is 3.51. The average molecular weight is 468 g/mol. The lowest BCUT2D eigenvalue weighted by Gasteiger charge is -2.35. The van der Waals surface area contributed by atoms with Crippen molar-refractivity contribution in [2.45, 2.75) is 69.0 Å². The second-order valence-corrected chi connectivity index (χ2v) is 10.9. The summed E-state index contributed by atoms with van der Waals surface area (Å²) in [4.78, 5) is 32.7. The van der Waals surface area contributed by atoms with Crippen molar-refractivity contribution in [1.29, 1.82) is 0 Å². The summed E-state index contributed by atoms with van der Waals surface area (Å²) >= 11 is 1.83. The lowest BCUT2D eigenvalue weighted by atomic mass is 9.93. The molecule has 1 rings (SSSR count). The monoisotopic (exact) mass is 467 g/mol. The van der Waals surface area contributed by atoms with Crippen LogP contribution in [0.15, 0.2) is 0 Å². The molecule has 2 N–H and O–H groups in total. The Morgan fingerprint density at radius 3 is 2.43 bits per heavy atom. The number of thioether (sulfide) groups is 1. The molecule has 0 radical (unpaired) electrons. The second-order valence-electron chi connectivity index (χ2n) is 7.72. The minimum Gasteiger partial charge on any atom is -0.464 e. The van der Waals surface area contributed by atoms with E-state index in [1.54, 1.807) is 0 Å². The summed E-state index contributed by atoms with van der Waals surface area (Å²) in [5.74, 6) is -0.251. The van der Waals surface area contributed by atoms with Gasteiger partial charge in [-0.15, -0.1) is 0 Å². The Labute approximate surface area is 184 Å². The van der Waals surface area contributed by atoms with E-state index in [4.69, 9.17) is 18.9 Å². The van der Waals surface area contributed by atoms with Crippen molar-refractivity contribution in [1.82, 2.24) is 5.32 Å². The van der Waals surface area contributed by atoms with Gasteiger partial charge in [-0.1, -0.05) is 19.3 Å². The topological polar surface area (TPSA) is 111 Å². The molecule has 0 spiro atoms. The first-order valence-corrected chi connectivity index (χ1v) is 14.0. The van der Waals surface area contributed by atoms with E-state index in [2.05, 4.69) is 11.6 Å². The molecule has 1 fully saturated rings. The molecule has 1 saturated heterocycles. The van der Waals surface area contributed by atoms with Crippen LogP contribution < -0.4 is 5.32 Å². The number of carbonyl (C=O) groups excluding carboxylic acids is 2. The van der Waals surface area contributed by atoms with Crippen molar-refractivity contribution in [3.63, 3.8) is 0 Å². The maximum Gasteiger partial charge on any atom is 0.325 e. The number of nitrogens with one attached hydrogen (secondary N) is 1. The Morgan fingerprint density at radius 1 is 1.10 bits per heavy atom. The zero-order chi connectivity index (χ0) is 22.3. The van der Waals surface area contributed by atoms with Gasteiger partial charge in [-0.25, -0.2) is 0 Å². The van der Waals surface area contributed by atoms with Gasteiger partial charge < -0.3 is 24.2 Å². The van der Waals surface area contributed by atoms with E-state index in [0.29, 0.717) is 19.4 Å². The van der Waals surface area contributed by atoms with Crippen LogP contribution in [-0.2, 0) is 28.2 Å². The van der Waals surface area contributed by atoms with Gasteiger partial charge in [0.05, 0.1) is 13.2 Å². The maximum atomic E-state index is 12.0. The van der Waals surface area contributed by atoms with Gasteiger partial charge in [-0.3, -0.25) is 14.2 Å². The van der Waals surface area contributed by atoms with Gasteiger partial charge in [0.1, 0.15) is 6.61 Å². The smallest absolute Gasteiger partial charge is 0.325 e. The Balaban J connectivity index is 1.96. The van der Waals surface area contributed by atoms with Crippen LogP contribution in [0, 0.1) is 0 Å². The second kappa shape index (κ2) is 15.2. The van der Waals surface area contributed by atoms with Gasteiger partial charge >= 0.3 is 13.6 Å². The highest BCUT2D eigenvalue weighted by molar-refractivity contribution is 8.00. The third-order valence-electron chi connectivity index (χ3n) is 5.19. The van der Waals surface area contributed by atoms with Crippen molar-refractivity contribution in [3.05, 3.63) is 0 Å². The lowest BCUT2D eigenvalue weighted by molar-refractivity contribution is -0.144. The van der Waals surface area contributed by atoms with Crippen molar-refractivity contribution >= 4 is 31.2 Å². The molecule has 0 aromatic heterocycles. The zero-order valence-corrected chi connectivity index (χ0v) is 20.1. The highest BCUT2D eigenvalue weighted by Crippen LogP contribution is 2.38. The lowest BCUT2D eigenvalue weighted by Crippen LogP contribution is -2.35. The standard InChI is InChI=1S/C20H38NO7PS/c1-29(24,25)28-14-7-5-3-4-6-8-19(23)27-17-13-21-18(22)9-10-20(30-2)11-15-26-16-12-20/h3-17H2,1-2H3,(H,21,22)(H,24,25). The normalized spacial score (nSPS) is 17.8. The molecule has 1 amide bonds. The molecule has 1 aliphatic heterocycles. The van der Waals surface area contributed by atoms with Crippen molar-refractivity contribution in [2.24, 2.45) is 0 Å². The molecule has 8 nitrogen and oxygen atoms in total. The molecule has 1 aliphatic rings. The van der Waals surface area contributed by atoms with Crippen LogP contribution in [-0.4, -0.2) is 67.4 Å². The van der Waals surface area contributed by atoms with E-state index in [9.17, 15) is 14.2 Å². The fraction of sp³-hybridized carbons (Fsp3) is 0.900. The van der Waals surface area contributed by atoms with E-state index in [1.807, 2.05) is 11.8 Å². The number of esters is 1. The molecule has 1 unspecified atom stereocenters. The molecule has 0 aromatic carbocycles. The predicted molar refractivity (Wildman–Crippen MR) is 119 cm³/mol. The number of carbonyl (C=O) groups is 2. The van der Waals surface area contributed by atoms with Crippen LogP contribution in [0.4, 0.5) is 0 Å². The van der Waals surface area contributed by atoms with Crippen molar-refractivity contribution in [2.75, 3.05) is 45.9 Å². The highest BCUT2D eigenvalue weighted by Gasteiger charge is 2.31. The van der Waals surface area contributed by atoms with Gasteiger partial charge in [0.15, 0.2) is 0 Å². The van der Waals surface area contributed by atoms with Crippen molar-refractivity contribution < 1.29 is 33.0 Å². The molecule has 0 saturated carbocycles. The largest absolute Gasteiger partial charge is 0.464 e. The fourth-order valence-corrected chi connectivity index (χ4v) is 4.64. The van der Waals surface area contributed by atoms with E-state index in [1.165, 1.54) is 6.66 Å². The molecule has 0 aromatic rings. The summed E-state index contributed by atoms with van der Waals surface area (Å²) in [6.45, 7) is 3.52. The Bertz CT molecular complexity index is 549. The zero-order valence-electron chi connectivity index (χ0n) is 18.4. The molecular formula is C20H38NO7PS. The molecule has 0 bridgehead atoms. The van der Waals surface area contributed by atoms with Crippen LogP contribution in [0.25, 0.3) is 0 Å². The van der Waals surface area contributed by atoms with E-state index in [0.717, 1.165) is 64.6 Å². The number of hydrogen-bond donors (Lipinski definition) is 2. The van der Waals surface area contributed by atoms with Crippen molar-refractivity contribution in [3.8, 4) is 0 Å². The van der Waals surface area contributed by atoms with Gasteiger partial charge in [0, 0.05) is 37.5 Å². The van der Waals surface area contributed by atoms with Gasteiger partial charge in [-0.05, 0) is 38.4 Å². The third-order valence-corrected chi connectivity index (χ3v) is 7.33. The summed E-state index contributed by atoms with van der Waals surface area (Å²) in [6.07, 6.45) is 9.96.